The highest BCUT2D eigenvalue weighted by Crippen LogP contribution is 2.33. The molecule has 3 nitrogen and oxygen atoms in total. The van der Waals surface area contributed by atoms with Crippen molar-refractivity contribution in [2.45, 2.75) is 103 Å². The highest BCUT2D eigenvalue weighted by Gasteiger charge is 2.20. The van der Waals surface area contributed by atoms with Crippen LogP contribution in [0.1, 0.15) is 111 Å². The molecule has 0 spiro atoms. The summed E-state index contributed by atoms with van der Waals surface area (Å²) in [7, 11) is 5.51. The fourth-order valence-electron chi connectivity index (χ4n) is 4.04. The van der Waals surface area contributed by atoms with E-state index in [0.29, 0.717) is 11.6 Å². The first kappa shape index (κ1) is 22.0. The molecule has 0 aliphatic heterocycles. The van der Waals surface area contributed by atoms with E-state index in [2.05, 4.69) is 23.3 Å². The second-order valence-corrected chi connectivity index (χ2v) is 8.16. The maximum atomic E-state index is 12.4. The molecule has 27 heavy (non-hydrogen) atoms. The second-order valence-electron chi connectivity index (χ2n) is 8.16. The topological polar surface area (TPSA) is 42.0 Å². The van der Waals surface area contributed by atoms with Crippen LogP contribution in [0.5, 0.6) is 0 Å². The molecular weight excluding hydrogens is 331 g/mol. The summed E-state index contributed by atoms with van der Waals surface area (Å²) in [5.74, 6) is 0.532. The van der Waals surface area contributed by atoms with E-state index in [1.807, 2.05) is 6.07 Å². The van der Waals surface area contributed by atoms with Gasteiger partial charge in [0, 0.05) is 18.2 Å². The van der Waals surface area contributed by atoms with Gasteiger partial charge >= 0.3 is 0 Å². The van der Waals surface area contributed by atoms with Gasteiger partial charge in [-0.25, -0.2) is 4.98 Å². The van der Waals surface area contributed by atoms with Crippen molar-refractivity contribution in [2.75, 3.05) is 6.54 Å². The van der Waals surface area contributed by atoms with E-state index >= 15 is 0 Å². The SMILES string of the molecule is [B]CCCCCCCCCCCNC(=O)c1cc(C)cc(C2CCCC2)n1. The van der Waals surface area contributed by atoms with Gasteiger partial charge in [-0.15, -0.1) is 0 Å². The molecule has 1 aliphatic rings. The van der Waals surface area contributed by atoms with Gasteiger partial charge in [-0.3, -0.25) is 4.79 Å². The molecule has 0 unspecified atom stereocenters. The van der Waals surface area contributed by atoms with Crippen LogP contribution in [0.25, 0.3) is 0 Å². The van der Waals surface area contributed by atoms with Gasteiger partial charge in [0.2, 0.25) is 0 Å². The number of carbonyl (C=O) groups is 1. The van der Waals surface area contributed by atoms with Crippen LogP contribution >= 0.6 is 0 Å². The number of amides is 1. The minimum atomic E-state index is -0.0159. The Kier molecular flexibility index (Phi) is 10.6. The van der Waals surface area contributed by atoms with E-state index in [9.17, 15) is 4.79 Å². The largest absolute Gasteiger partial charge is 0.351 e. The van der Waals surface area contributed by atoms with Crippen LogP contribution in [0, 0.1) is 6.92 Å². The van der Waals surface area contributed by atoms with Crippen LogP contribution in [0.4, 0.5) is 0 Å². The van der Waals surface area contributed by atoms with Gasteiger partial charge < -0.3 is 5.32 Å². The average Bonchev–Trinajstić information content (AvgIpc) is 3.20. The summed E-state index contributed by atoms with van der Waals surface area (Å²) in [6.45, 7) is 2.82. The van der Waals surface area contributed by atoms with E-state index in [1.165, 1.54) is 70.6 Å². The molecule has 1 aromatic heterocycles. The monoisotopic (exact) mass is 368 g/mol. The maximum Gasteiger partial charge on any atom is 0.269 e. The number of hydrogen-bond donors (Lipinski definition) is 1. The number of carbonyl (C=O) groups excluding carboxylic acids is 1. The van der Waals surface area contributed by atoms with E-state index in [1.54, 1.807) is 0 Å². The quantitative estimate of drug-likeness (QED) is 0.349. The summed E-state index contributed by atoms with van der Waals surface area (Å²) in [6, 6.07) is 4.07. The van der Waals surface area contributed by atoms with E-state index < -0.39 is 0 Å². The zero-order valence-corrected chi connectivity index (χ0v) is 17.3. The molecule has 1 heterocycles. The Hall–Kier alpha value is -1.32. The highest BCUT2D eigenvalue weighted by molar-refractivity contribution is 6.08. The normalized spacial score (nSPS) is 14.6. The molecule has 2 rings (SSSR count). The third kappa shape index (κ3) is 8.49. The molecule has 1 saturated carbocycles. The van der Waals surface area contributed by atoms with Crippen LogP contribution in [0.3, 0.4) is 0 Å². The molecule has 1 aromatic rings. The molecule has 2 radical (unpaired) electrons. The van der Waals surface area contributed by atoms with Crippen molar-refractivity contribution in [3.05, 3.63) is 29.1 Å². The smallest absolute Gasteiger partial charge is 0.269 e. The molecule has 0 atom stereocenters. The standard InChI is InChI=1S/C23H37BN2O/c1-19-17-21(20-13-9-10-14-20)26-22(18-19)23(27)25-16-12-8-6-4-2-3-5-7-11-15-24/h17-18,20H,2-16H2,1H3,(H,25,27). The average molecular weight is 368 g/mol. The first-order valence-corrected chi connectivity index (χ1v) is 11.2. The number of pyridine rings is 1. The van der Waals surface area contributed by atoms with E-state index in [-0.39, 0.29) is 5.91 Å². The minimum Gasteiger partial charge on any atom is -0.351 e. The van der Waals surface area contributed by atoms with Crippen LogP contribution in [-0.2, 0) is 0 Å². The van der Waals surface area contributed by atoms with Crippen LogP contribution in [0.15, 0.2) is 12.1 Å². The summed E-state index contributed by atoms with van der Waals surface area (Å²) in [6.07, 6.45) is 17.1. The van der Waals surface area contributed by atoms with Crippen molar-refractivity contribution in [1.29, 1.82) is 0 Å². The number of unbranched alkanes of at least 4 members (excludes halogenated alkanes) is 8. The molecular formula is C23H37BN2O. The van der Waals surface area contributed by atoms with Crippen molar-refractivity contribution in [2.24, 2.45) is 0 Å². The third-order valence-corrected chi connectivity index (χ3v) is 5.66. The van der Waals surface area contributed by atoms with Crippen molar-refractivity contribution in [3.8, 4) is 0 Å². The molecule has 148 valence electrons. The summed E-state index contributed by atoms with van der Waals surface area (Å²) in [5, 5.41) is 3.06. The number of aromatic nitrogens is 1. The number of nitrogens with zero attached hydrogens (tertiary/aromatic N) is 1. The Morgan fingerprint density at radius 3 is 2.22 bits per heavy atom. The van der Waals surface area contributed by atoms with Crippen LogP contribution in [-0.4, -0.2) is 25.3 Å². The lowest BCUT2D eigenvalue weighted by Crippen LogP contribution is -2.26. The fourth-order valence-corrected chi connectivity index (χ4v) is 4.04. The number of hydrogen-bond acceptors (Lipinski definition) is 2. The highest BCUT2D eigenvalue weighted by atomic mass is 16.1. The Bertz CT molecular complexity index is 555. The van der Waals surface area contributed by atoms with Gasteiger partial charge in [0.15, 0.2) is 0 Å². The first-order chi connectivity index (χ1) is 13.2. The lowest BCUT2D eigenvalue weighted by molar-refractivity contribution is 0.0947. The van der Waals surface area contributed by atoms with Gasteiger partial charge in [0.1, 0.15) is 5.69 Å². The number of rotatable bonds is 13. The predicted octanol–water partition coefficient (Wildman–Crippen LogP) is 5.88. The van der Waals surface area contributed by atoms with Gasteiger partial charge in [-0.2, -0.15) is 0 Å². The summed E-state index contributed by atoms with van der Waals surface area (Å²) in [4.78, 5) is 17.1. The Morgan fingerprint density at radius 1 is 1.00 bits per heavy atom. The summed E-state index contributed by atoms with van der Waals surface area (Å²) < 4.78 is 0. The molecule has 0 bridgehead atoms. The van der Waals surface area contributed by atoms with Crippen molar-refractivity contribution in [3.63, 3.8) is 0 Å². The fraction of sp³-hybridized carbons (Fsp3) is 0.739. The minimum absolute atomic E-state index is 0.0159. The van der Waals surface area contributed by atoms with Crippen molar-refractivity contribution in [1.82, 2.24) is 10.3 Å². The van der Waals surface area contributed by atoms with Gasteiger partial charge in [0.05, 0.1) is 7.85 Å². The Labute approximate surface area is 167 Å². The van der Waals surface area contributed by atoms with Crippen LogP contribution in [0.2, 0.25) is 6.32 Å². The molecule has 0 aromatic carbocycles. The van der Waals surface area contributed by atoms with Crippen LogP contribution < -0.4 is 5.32 Å². The Balaban J connectivity index is 1.59. The zero-order chi connectivity index (χ0) is 19.3. The third-order valence-electron chi connectivity index (χ3n) is 5.66. The molecule has 1 fully saturated rings. The summed E-state index contributed by atoms with van der Waals surface area (Å²) >= 11 is 0. The lowest BCUT2D eigenvalue weighted by Gasteiger charge is -2.12. The molecule has 1 N–H and O–H groups in total. The van der Waals surface area contributed by atoms with Gasteiger partial charge in [-0.1, -0.05) is 70.5 Å². The first-order valence-electron chi connectivity index (χ1n) is 11.2. The number of nitrogens with one attached hydrogen (secondary N) is 1. The zero-order valence-electron chi connectivity index (χ0n) is 17.3. The lowest BCUT2D eigenvalue weighted by atomic mass is 9.98. The Morgan fingerprint density at radius 2 is 1.59 bits per heavy atom. The molecule has 1 aliphatic carbocycles. The van der Waals surface area contributed by atoms with E-state index in [0.717, 1.165) is 37.0 Å². The molecule has 0 saturated heterocycles. The van der Waals surface area contributed by atoms with E-state index in [4.69, 9.17) is 7.85 Å². The maximum absolute atomic E-state index is 12.4. The predicted molar refractivity (Wildman–Crippen MR) is 115 cm³/mol. The molecule has 4 heteroatoms. The number of aryl methyl sites for hydroxylation is 1. The second kappa shape index (κ2) is 13.0. The van der Waals surface area contributed by atoms with Gasteiger partial charge in [-0.05, 0) is 43.9 Å². The summed E-state index contributed by atoms with van der Waals surface area (Å²) in [5.41, 5.74) is 2.85. The van der Waals surface area contributed by atoms with Crippen molar-refractivity contribution < 1.29 is 4.79 Å². The van der Waals surface area contributed by atoms with Crippen molar-refractivity contribution >= 4 is 13.8 Å². The van der Waals surface area contributed by atoms with Gasteiger partial charge in [0.25, 0.3) is 5.91 Å². The molecule has 1 amide bonds.